The number of nitrogens with one attached hydrogen (secondary N) is 1. The summed E-state index contributed by atoms with van der Waals surface area (Å²) >= 11 is 0. The average Bonchev–Trinajstić information content (AvgIpc) is 3.29. The number of benzene rings is 1. The van der Waals surface area contributed by atoms with E-state index in [0.29, 0.717) is 23.3 Å². The van der Waals surface area contributed by atoms with E-state index < -0.39 is 92.5 Å². The van der Waals surface area contributed by atoms with Crippen molar-refractivity contribution in [3.8, 4) is 0 Å². The van der Waals surface area contributed by atoms with Crippen LogP contribution in [0.2, 0.25) is 0 Å². The minimum atomic E-state index is -5.23. The van der Waals surface area contributed by atoms with Crippen LogP contribution in [0.3, 0.4) is 0 Å². The molecule has 0 radical (unpaired) electrons. The number of hydrogen-bond donors (Lipinski definition) is 3. The molecule has 0 bridgehead atoms. The van der Waals surface area contributed by atoms with Crippen LogP contribution in [0.4, 0.5) is 29.3 Å². The molecule has 3 N–H and O–H groups in total. The van der Waals surface area contributed by atoms with Crippen LogP contribution in [0.25, 0.3) is 0 Å². The molecule has 1 saturated heterocycles. The van der Waals surface area contributed by atoms with Gasteiger partial charge in [-0.2, -0.15) is 0 Å². The number of carbonyl (C=O) groups is 4. The second-order valence-corrected chi connectivity index (χ2v) is 10.4. The average molecular weight is 618 g/mol. The van der Waals surface area contributed by atoms with E-state index in [1.165, 1.54) is 6.92 Å². The normalized spacial score (nSPS) is 18.2. The Balaban J connectivity index is 1.79. The van der Waals surface area contributed by atoms with Crippen molar-refractivity contribution < 1.29 is 60.9 Å². The molecule has 1 amide bonds. The molecular weight excluding hydrogens is 592 g/mol. The lowest BCUT2D eigenvalue weighted by molar-refractivity contribution is -0.146. The Morgan fingerprint density at radius 3 is 2.55 bits per heavy atom. The number of nitrogens with zero attached hydrogens (tertiary/aromatic N) is 3. The monoisotopic (exact) mass is 618 g/mol. The topological polar surface area (TPSA) is 187 Å². The van der Waals surface area contributed by atoms with Crippen molar-refractivity contribution in [2.45, 2.75) is 32.3 Å². The minimum absolute atomic E-state index is 0.0349. The highest BCUT2D eigenvalue weighted by Gasteiger charge is 2.42. The largest absolute Gasteiger partial charge is 0.515 e. The molecule has 2 atom stereocenters. The van der Waals surface area contributed by atoms with Crippen molar-refractivity contribution in [3.63, 3.8) is 0 Å². The molecule has 0 aromatic heterocycles. The summed E-state index contributed by atoms with van der Waals surface area (Å²) in [5, 5.41) is 17.0. The Bertz CT molecular complexity index is 1390. The van der Waals surface area contributed by atoms with Gasteiger partial charge in [0.1, 0.15) is 17.6 Å². The zero-order chi connectivity index (χ0) is 31.2. The Kier molecular flexibility index (Phi) is 10.4. The predicted octanol–water partition coefficient (Wildman–Crippen LogP) is 3.06. The van der Waals surface area contributed by atoms with E-state index in [1.807, 2.05) is 0 Å². The summed E-state index contributed by atoms with van der Waals surface area (Å²) in [6.45, 7) is -0.0140. The van der Waals surface area contributed by atoms with Crippen molar-refractivity contribution in [2.75, 3.05) is 36.0 Å². The van der Waals surface area contributed by atoms with E-state index in [9.17, 15) is 37.4 Å². The Labute approximate surface area is 236 Å². The first kappa shape index (κ1) is 32.1. The Morgan fingerprint density at radius 2 is 1.93 bits per heavy atom. The molecule has 2 heterocycles. The second kappa shape index (κ2) is 13.5. The Hall–Kier alpha value is -4.37. The summed E-state index contributed by atoms with van der Waals surface area (Å²) in [5.41, 5.74) is -1.64. The Morgan fingerprint density at radius 1 is 1.24 bits per heavy atom. The van der Waals surface area contributed by atoms with Gasteiger partial charge in [-0.1, -0.05) is 0 Å². The number of anilines is 2. The van der Waals surface area contributed by atoms with Crippen LogP contribution in [-0.4, -0.2) is 76.7 Å². The summed E-state index contributed by atoms with van der Waals surface area (Å²) < 4.78 is 72.4. The summed E-state index contributed by atoms with van der Waals surface area (Å²) in [6, 6.07) is 0.540. The number of amides is 1. The number of cyclic esters (lactones) is 1. The van der Waals surface area contributed by atoms with Gasteiger partial charge in [0, 0.05) is 31.3 Å². The molecule has 1 fully saturated rings. The number of esters is 1. The number of aliphatic hydroxyl groups excluding tert-OH is 1. The maximum atomic E-state index is 15.1. The van der Waals surface area contributed by atoms with Gasteiger partial charge in [0.2, 0.25) is 0 Å². The SMILES string of the molecule is CCOC(=O)CCC(=O)OP(=O)(O)N(C[C@H]1CN(c2cc(F)c(N3C=CC(=O)CC3)c(F)c2F)C(=O)O1)C(=N)/C=C\O. The van der Waals surface area contributed by atoms with Gasteiger partial charge in [0.15, 0.2) is 23.2 Å². The standard InChI is InChI=1S/C24H26F3N4O10P/c1-2-39-19(34)3-4-20(35)41-42(37,38)31(18(28)7-10-32)13-15-12-30(24(36)40-15)17-11-16(25)23(22(27)21(17)26)29-8-5-14(33)6-9-29/h5,7-8,10-11,15,28,32H,2-4,6,9,12-13H2,1H3,(H,37,38)/b10-7-,28-18?/t15-/m1/s1. The number of ether oxygens (including phenoxy) is 2. The maximum Gasteiger partial charge on any atom is 0.489 e. The fourth-order valence-corrected chi connectivity index (χ4v) is 5.13. The quantitative estimate of drug-likeness (QED) is 0.0823. The molecule has 0 aliphatic carbocycles. The molecule has 0 spiro atoms. The summed E-state index contributed by atoms with van der Waals surface area (Å²) in [7, 11) is -5.23. The number of halogens is 3. The summed E-state index contributed by atoms with van der Waals surface area (Å²) in [6.07, 6.45) is -0.789. The van der Waals surface area contributed by atoms with Gasteiger partial charge in [-0.3, -0.25) is 29.6 Å². The third kappa shape index (κ3) is 7.47. The van der Waals surface area contributed by atoms with Crippen LogP contribution >= 0.6 is 7.75 Å². The first-order valence-corrected chi connectivity index (χ1v) is 13.8. The summed E-state index contributed by atoms with van der Waals surface area (Å²) in [5.74, 6) is -7.78. The van der Waals surface area contributed by atoms with Crippen molar-refractivity contribution in [2.24, 2.45) is 0 Å². The van der Waals surface area contributed by atoms with E-state index >= 15 is 4.39 Å². The summed E-state index contributed by atoms with van der Waals surface area (Å²) in [4.78, 5) is 59.4. The van der Waals surface area contributed by atoms with Gasteiger partial charge >= 0.3 is 25.8 Å². The van der Waals surface area contributed by atoms with E-state index in [0.717, 1.165) is 17.2 Å². The first-order chi connectivity index (χ1) is 19.8. The van der Waals surface area contributed by atoms with Gasteiger partial charge in [-0.05, 0) is 13.0 Å². The van der Waals surface area contributed by atoms with E-state index in [1.54, 1.807) is 0 Å². The molecule has 2 aliphatic rings. The van der Waals surface area contributed by atoms with Crippen molar-refractivity contribution >= 4 is 48.8 Å². The maximum absolute atomic E-state index is 15.1. The fourth-order valence-electron chi connectivity index (χ4n) is 3.95. The first-order valence-electron chi connectivity index (χ1n) is 12.3. The van der Waals surface area contributed by atoms with Gasteiger partial charge < -0.3 is 24.0 Å². The van der Waals surface area contributed by atoms with Crippen LogP contribution < -0.4 is 9.80 Å². The lowest BCUT2D eigenvalue weighted by Gasteiger charge is -2.28. The third-order valence-electron chi connectivity index (χ3n) is 5.86. The van der Waals surface area contributed by atoms with Crippen LogP contribution in [0.1, 0.15) is 26.2 Å². The highest BCUT2D eigenvalue weighted by Crippen LogP contribution is 2.48. The highest BCUT2D eigenvalue weighted by molar-refractivity contribution is 7.51. The van der Waals surface area contributed by atoms with Gasteiger partial charge in [0.25, 0.3) is 0 Å². The smallest absolute Gasteiger partial charge is 0.489 e. The minimum Gasteiger partial charge on any atom is -0.515 e. The molecular formula is C24H26F3N4O10P. The van der Waals surface area contributed by atoms with E-state index in [2.05, 4.69) is 9.26 Å². The lowest BCUT2D eigenvalue weighted by Crippen LogP contribution is -2.37. The van der Waals surface area contributed by atoms with Crippen molar-refractivity contribution in [1.29, 1.82) is 5.41 Å². The van der Waals surface area contributed by atoms with Crippen molar-refractivity contribution in [3.05, 3.63) is 48.1 Å². The number of carbonyl (C=O) groups excluding carboxylic acids is 4. The molecule has 42 heavy (non-hydrogen) atoms. The number of amidine groups is 1. The number of aliphatic hydroxyl groups is 1. The highest BCUT2D eigenvalue weighted by atomic mass is 31.2. The van der Waals surface area contributed by atoms with Crippen LogP contribution in [0.15, 0.2) is 30.7 Å². The zero-order valence-corrected chi connectivity index (χ0v) is 22.9. The molecule has 3 rings (SSSR count). The molecule has 0 saturated carbocycles. The van der Waals surface area contributed by atoms with E-state index in [4.69, 9.17) is 15.3 Å². The van der Waals surface area contributed by atoms with Crippen LogP contribution in [0.5, 0.6) is 0 Å². The van der Waals surface area contributed by atoms with Gasteiger partial charge in [-0.15, -0.1) is 0 Å². The zero-order valence-electron chi connectivity index (χ0n) is 22.0. The molecule has 1 aromatic rings. The fraction of sp³-hybridized carbons (Fsp3) is 0.375. The molecule has 18 heteroatoms. The van der Waals surface area contributed by atoms with E-state index in [-0.39, 0.29) is 30.0 Å². The number of ketones is 1. The number of allylic oxidation sites excluding steroid dienone is 1. The number of hydrogen-bond acceptors (Lipinski definition) is 11. The van der Waals surface area contributed by atoms with Crippen molar-refractivity contribution in [1.82, 2.24) is 4.67 Å². The van der Waals surface area contributed by atoms with Gasteiger partial charge in [-0.25, -0.2) is 27.2 Å². The predicted molar refractivity (Wildman–Crippen MR) is 138 cm³/mol. The molecule has 1 unspecified atom stereocenters. The molecule has 228 valence electrons. The van der Waals surface area contributed by atoms with Gasteiger partial charge in [0.05, 0.1) is 44.5 Å². The molecule has 2 aliphatic heterocycles. The number of rotatable bonds is 11. The van der Waals surface area contributed by atoms with Crippen LogP contribution in [0, 0.1) is 22.9 Å². The molecule has 1 aromatic carbocycles. The second-order valence-electron chi connectivity index (χ2n) is 8.74. The lowest BCUT2D eigenvalue weighted by atomic mass is 10.1. The molecule has 14 nitrogen and oxygen atoms in total. The third-order valence-corrected chi connectivity index (χ3v) is 7.29. The van der Waals surface area contributed by atoms with Crippen LogP contribution in [-0.2, 0) is 32.9 Å².